The predicted octanol–water partition coefficient (Wildman–Crippen LogP) is 7.95. The zero-order valence-corrected chi connectivity index (χ0v) is 24.0. The molecule has 0 radical (unpaired) electrons. The van der Waals surface area contributed by atoms with E-state index in [1.165, 1.54) is 5.56 Å². The molecule has 0 N–H and O–H groups in total. The summed E-state index contributed by atoms with van der Waals surface area (Å²) in [6.45, 7) is 11.7. The summed E-state index contributed by atoms with van der Waals surface area (Å²) in [5, 5.41) is 1.62. The molecule has 1 aromatic heterocycles. The molecule has 7 heteroatoms. The second-order valence-corrected chi connectivity index (χ2v) is 12.2. The summed E-state index contributed by atoms with van der Waals surface area (Å²) >= 11 is 7.91. The van der Waals surface area contributed by atoms with Crippen LogP contribution in [-0.2, 0) is 14.3 Å². The van der Waals surface area contributed by atoms with Gasteiger partial charge in [-0.15, -0.1) is 0 Å². The number of aryl methyl sites for hydroxylation is 1. The Labute approximate surface area is 233 Å². The van der Waals surface area contributed by atoms with Crippen LogP contribution in [0, 0.1) is 6.92 Å². The van der Waals surface area contributed by atoms with E-state index in [1.807, 2.05) is 70.2 Å². The lowest BCUT2D eigenvalue weighted by Crippen LogP contribution is -2.38. The molecule has 0 spiro atoms. The van der Waals surface area contributed by atoms with Gasteiger partial charge in [-0.05, 0) is 69.5 Å². The molecule has 0 amide bonds. The minimum atomic E-state index is -0.693. The average molecular weight is 549 g/mol. The summed E-state index contributed by atoms with van der Waals surface area (Å²) < 4.78 is 13.5. The van der Waals surface area contributed by atoms with Crippen molar-refractivity contribution in [3.63, 3.8) is 0 Å². The van der Waals surface area contributed by atoms with Gasteiger partial charge in [0.2, 0.25) is 0 Å². The van der Waals surface area contributed by atoms with Crippen LogP contribution in [-0.4, -0.2) is 36.1 Å². The van der Waals surface area contributed by atoms with Crippen LogP contribution in [0.1, 0.15) is 56.6 Å². The van der Waals surface area contributed by atoms with Gasteiger partial charge >= 0.3 is 0 Å². The number of hydrogen-bond acceptors (Lipinski definition) is 6. The number of anilines is 1. The first-order chi connectivity index (χ1) is 18.1. The molecule has 198 valence electrons. The van der Waals surface area contributed by atoms with Crippen LogP contribution in [0.4, 0.5) is 5.13 Å². The quantitative estimate of drug-likeness (QED) is 0.245. The van der Waals surface area contributed by atoms with E-state index >= 15 is 0 Å². The number of benzene rings is 3. The first-order valence-corrected chi connectivity index (χ1v) is 14.1. The van der Waals surface area contributed by atoms with E-state index in [2.05, 4.69) is 23.1 Å². The highest BCUT2D eigenvalue weighted by atomic mass is 35.5. The fourth-order valence-corrected chi connectivity index (χ4v) is 6.25. The average Bonchev–Trinajstić information content (AvgIpc) is 3.31. The van der Waals surface area contributed by atoms with Crippen LogP contribution >= 0.6 is 22.9 Å². The van der Waals surface area contributed by atoms with Gasteiger partial charge in [-0.1, -0.05) is 65.4 Å². The highest BCUT2D eigenvalue weighted by Gasteiger charge is 2.31. The van der Waals surface area contributed by atoms with E-state index in [4.69, 9.17) is 26.1 Å². The summed E-state index contributed by atoms with van der Waals surface area (Å²) in [7, 11) is 0. The van der Waals surface area contributed by atoms with Gasteiger partial charge in [0.25, 0.3) is 0 Å². The number of thiazole rings is 1. The van der Waals surface area contributed by atoms with Crippen molar-refractivity contribution in [3.05, 3.63) is 82.4 Å². The number of carbonyl (C=O) groups excluding carboxylic acids is 1. The van der Waals surface area contributed by atoms with Crippen molar-refractivity contribution >= 4 is 44.1 Å². The maximum atomic E-state index is 13.0. The SMILES string of the molecule is CC(=O)[C@@H](OC(C)(C)C)c1c(C)cc2nc(N3CCOC(c4ccccc4)C3)sc2c1-c1ccc(Cl)cc1. The van der Waals surface area contributed by atoms with Crippen LogP contribution in [0.25, 0.3) is 21.3 Å². The number of ether oxygens (including phenoxy) is 2. The van der Waals surface area contributed by atoms with Crippen molar-refractivity contribution in [1.29, 1.82) is 0 Å². The molecule has 0 saturated carbocycles. The number of rotatable bonds is 6. The van der Waals surface area contributed by atoms with E-state index in [0.717, 1.165) is 50.7 Å². The van der Waals surface area contributed by atoms with Crippen LogP contribution < -0.4 is 4.90 Å². The second-order valence-electron chi connectivity index (χ2n) is 10.8. The highest BCUT2D eigenvalue weighted by molar-refractivity contribution is 7.22. The number of fused-ring (bicyclic) bond motifs is 1. The third-order valence-electron chi connectivity index (χ3n) is 6.66. The number of Topliss-reactive ketones (excluding diaryl/α,β-unsaturated/α-hetero) is 1. The molecule has 1 aliphatic rings. The Morgan fingerprint density at radius 3 is 2.53 bits per heavy atom. The van der Waals surface area contributed by atoms with E-state index < -0.39 is 11.7 Å². The maximum Gasteiger partial charge on any atom is 0.186 e. The molecule has 0 bridgehead atoms. The molecule has 38 heavy (non-hydrogen) atoms. The minimum Gasteiger partial charge on any atom is -0.370 e. The van der Waals surface area contributed by atoms with Gasteiger partial charge in [-0.3, -0.25) is 4.79 Å². The fraction of sp³-hybridized carbons (Fsp3) is 0.355. The van der Waals surface area contributed by atoms with Gasteiger partial charge in [0, 0.05) is 22.7 Å². The number of nitrogens with zero attached hydrogens (tertiary/aromatic N) is 2. The van der Waals surface area contributed by atoms with Crippen molar-refractivity contribution < 1.29 is 14.3 Å². The summed E-state index contributed by atoms with van der Waals surface area (Å²) in [4.78, 5) is 20.4. The number of hydrogen-bond donors (Lipinski definition) is 0. The standard InChI is InChI=1S/C31H33ClN2O3S/c1-19-17-24-29(38-30(33-24)34-15-16-36-25(18-34)21-9-7-6-8-10-21)27(22-11-13-23(32)14-12-22)26(19)28(20(2)35)37-31(3,4)5/h6-14,17,25,28H,15-16,18H2,1-5H3/t25?,28-/m1/s1. The molecule has 0 aliphatic carbocycles. The Hall–Kier alpha value is -2.77. The van der Waals surface area contributed by atoms with Crippen molar-refractivity contribution in [3.8, 4) is 11.1 Å². The van der Waals surface area contributed by atoms with Crippen molar-refractivity contribution in [1.82, 2.24) is 4.98 Å². The van der Waals surface area contributed by atoms with Gasteiger partial charge in [0.15, 0.2) is 10.9 Å². The molecule has 5 nitrogen and oxygen atoms in total. The molecule has 3 aromatic carbocycles. The number of carbonyl (C=O) groups is 1. The molecule has 5 rings (SSSR count). The van der Waals surface area contributed by atoms with Gasteiger partial charge in [-0.25, -0.2) is 4.98 Å². The van der Waals surface area contributed by atoms with Gasteiger partial charge in [-0.2, -0.15) is 0 Å². The number of aromatic nitrogens is 1. The van der Waals surface area contributed by atoms with Crippen molar-refractivity contribution in [2.24, 2.45) is 0 Å². The van der Waals surface area contributed by atoms with E-state index in [-0.39, 0.29) is 11.9 Å². The summed E-state index contributed by atoms with van der Waals surface area (Å²) in [5.74, 6) is -0.0267. The summed E-state index contributed by atoms with van der Waals surface area (Å²) in [5.41, 5.74) is 5.43. The Morgan fingerprint density at radius 1 is 1.16 bits per heavy atom. The maximum absolute atomic E-state index is 13.0. The molecule has 4 aromatic rings. The normalized spacial score (nSPS) is 17.1. The zero-order valence-electron chi connectivity index (χ0n) is 22.5. The van der Waals surface area contributed by atoms with Crippen LogP contribution in [0.15, 0.2) is 60.7 Å². The molecule has 1 aliphatic heterocycles. The van der Waals surface area contributed by atoms with Gasteiger partial charge in [0.05, 0.1) is 29.0 Å². The van der Waals surface area contributed by atoms with E-state index in [9.17, 15) is 4.79 Å². The monoisotopic (exact) mass is 548 g/mol. The first kappa shape index (κ1) is 26.8. The third-order valence-corrected chi connectivity index (χ3v) is 8.06. The fourth-order valence-electron chi connectivity index (χ4n) is 4.97. The second kappa shape index (κ2) is 10.8. The van der Waals surface area contributed by atoms with E-state index in [0.29, 0.717) is 11.6 Å². The Morgan fingerprint density at radius 2 is 1.87 bits per heavy atom. The topological polar surface area (TPSA) is 51.7 Å². The molecule has 2 heterocycles. The molecule has 1 fully saturated rings. The zero-order chi connectivity index (χ0) is 27.0. The Kier molecular flexibility index (Phi) is 7.60. The highest BCUT2D eigenvalue weighted by Crippen LogP contribution is 2.45. The molecule has 1 unspecified atom stereocenters. The lowest BCUT2D eigenvalue weighted by atomic mass is 9.90. The Bertz CT molecular complexity index is 1440. The molecule has 2 atom stereocenters. The summed E-state index contributed by atoms with van der Waals surface area (Å²) in [6, 6.07) is 20.2. The lowest BCUT2D eigenvalue weighted by Gasteiger charge is -2.32. The van der Waals surface area contributed by atoms with Crippen LogP contribution in [0.3, 0.4) is 0 Å². The smallest absolute Gasteiger partial charge is 0.186 e. The number of morpholine rings is 1. The molecular formula is C31H33ClN2O3S. The van der Waals surface area contributed by atoms with Crippen molar-refractivity contribution in [2.45, 2.75) is 52.4 Å². The number of halogens is 1. The van der Waals surface area contributed by atoms with Gasteiger partial charge < -0.3 is 14.4 Å². The molecule has 1 saturated heterocycles. The first-order valence-electron chi connectivity index (χ1n) is 12.9. The molecular weight excluding hydrogens is 516 g/mol. The largest absolute Gasteiger partial charge is 0.370 e. The predicted molar refractivity (Wildman–Crippen MR) is 156 cm³/mol. The Balaban J connectivity index is 1.64. The van der Waals surface area contributed by atoms with E-state index in [1.54, 1.807) is 18.3 Å². The summed E-state index contributed by atoms with van der Waals surface area (Å²) in [6.07, 6.45) is -0.700. The number of ketones is 1. The lowest BCUT2D eigenvalue weighted by molar-refractivity contribution is -0.138. The van der Waals surface area contributed by atoms with Crippen molar-refractivity contribution in [2.75, 3.05) is 24.6 Å². The van der Waals surface area contributed by atoms with Crippen LogP contribution in [0.5, 0.6) is 0 Å². The van der Waals surface area contributed by atoms with Crippen LogP contribution in [0.2, 0.25) is 5.02 Å². The van der Waals surface area contributed by atoms with Gasteiger partial charge in [0.1, 0.15) is 12.2 Å². The third kappa shape index (κ3) is 5.64. The minimum absolute atomic E-state index is 0.00715.